The second-order valence-corrected chi connectivity index (χ2v) is 8.17. The molecule has 0 spiro atoms. The average Bonchev–Trinajstić information content (AvgIpc) is 2.74. The van der Waals surface area contributed by atoms with E-state index < -0.39 is 0 Å². The van der Waals surface area contributed by atoms with Gasteiger partial charge >= 0.3 is 0 Å². The molecular formula is C24H28N4O. The fraction of sp³-hybridized carbons (Fsp3) is 0.375. The van der Waals surface area contributed by atoms with Crippen LogP contribution in [-0.4, -0.2) is 35.2 Å². The smallest absolute Gasteiger partial charge is 0.272 e. The van der Waals surface area contributed by atoms with Crippen molar-refractivity contribution in [2.75, 3.05) is 18.0 Å². The van der Waals surface area contributed by atoms with Gasteiger partial charge in [0.2, 0.25) is 0 Å². The average molecular weight is 389 g/mol. The first-order valence-electron chi connectivity index (χ1n) is 10.5. The first kappa shape index (κ1) is 19.4. The van der Waals surface area contributed by atoms with Gasteiger partial charge in [-0.25, -0.2) is 0 Å². The van der Waals surface area contributed by atoms with E-state index in [-0.39, 0.29) is 11.9 Å². The highest BCUT2D eigenvalue weighted by molar-refractivity contribution is 6.07. The van der Waals surface area contributed by atoms with Crippen LogP contribution in [0.2, 0.25) is 0 Å². The Hall–Kier alpha value is -2.95. The quantitative estimate of drug-likeness (QED) is 0.711. The van der Waals surface area contributed by atoms with Gasteiger partial charge in [0.05, 0.1) is 0 Å². The van der Waals surface area contributed by atoms with Crippen LogP contribution in [0.4, 0.5) is 5.82 Å². The summed E-state index contributed by atoms with van der Waals surface area (Å²) >= 11 is 0. The Morgan fingerprint density at radius 1 is 1.00 bits per heavy atom. The zero-order valence-corrected chi connectivity index (χ0v) is 17.1. The van der Waals surface area contributed by atoms with Crippen LogP contribution in [0.15, 0.2) is 54.6 Å². The number of carbonyl (C=O) groups excluding carboxylic acids is 1. The van der Waals surface area contributed by atoms with Gasteiger partial charge in [-0.2, -0.15) is 0 Å². The van der Waals surface area contributed by atoms with Crippen LogP contribution in [-0.2, 0) is 6.42 Å². The Balaban J connectivity index is 1.52. The molecule has 1 fully saturated rings. The molecule has 0 aliphatic carbocycles. The molecule has 1 aromatic heterocycles. The Kier molecular flexibility index (Phi) is 5.74. The van der Waals surface area contributed by atoms with Crippen molar-refractivity contribution in [1.82, 2.24) is 15.5 Å². The van der Waals surface area contributed by atoms with Gasteiger partial charge in [-0.05, 0) is 44.6 Å². The van der Waals surface area contributed by atoms with Crippen LogP contribution in [0.3, 0.4) is 0 Å². The Labute approximate surface area is 172 Å². The third kappa shape index (κ3) is 4.39. The highest BCUT2D eigenvalue weighted by atomic mass is 16.2. The first-order valence-corrected chi connectivity index (χ1v) is 10.5. The lowest BCUT2D eigenvalue weighted by atomic mass is 9.90. The lowest BCUT2D eigenvalue weighted by Crippen LogP contribution is -2.36. The third-order valence-electron chi connectivity index (χ3n) is 5.58. The maximum absolute atomic E-state index is 12.5. The summed E-state index contributed by atoms with van der Waals surface area (Å²) in [6.45, 7) is 5.82. The highest BCUT2D eigenvalue weighted by Gasteiger charge is 2.24. The largest absolute Gasteiger partial charge is 0.355 e. The first-order chi connectivity index (χ1) is 14.1. The van der Waals surface area contributed by atoms with Gasteiger partial charge in [-0.15, -0.1) is 10.2 Å². The second kappa shape index (κ2) is 8.60. The van der Waals surface area contributed by atoms with Crippen LogP contribution in [0.5, 0.6) is 0 Å². The molecular weight excluding hydrogens is 360 g/mol. The number of fused-ring (bicyclic) bond motifs is 1. The van der Waals surface area contributed by atoms with Crippen molar-refractivity contribution in [3.63, 3.8) is 0 Å². The van der Waals surface area contributed by atoms with Gasteiger partial charge in [0.15, 0.2) is 11.5 Å². The maximum Gasteiger partial charge on any atom is 0.272 e. The summed E-state index contributed by atoms with van der Waals surface area (Å²) in [6, 6.07) is 18.7. The molecule has 0 radical (unpaired) electrons. The molecule has 4 rings (SSSR count). The van der Waals surface area contributed by atoms with E-state index in [4.69, 9.17) is 0 Å². The van der Waals surface area contributed by atoms with E-state index in [1.165, 1.54) is 5.56 Å². The summed E-state index contributed by atoms with van der Waals surface area (Å²) in [7, 11) is 0. The van der Waals surface area contributed by atoms with Crippen molar-refractivity contribution in [2.24, 2.45) is 5.92 Å². The molecule has 1 N–H and O–H groups in total. The number of nitrogens with one attached hydrogen (secondary N) is 1. The monoisotopic (exact) mass is 388 g/mol. The third-order valence-corrected chi connectivity index (χ3v) is 5.58. The van der Waals surface area contributed by atoms with Gasteiger partial charge in [0.25, 0.3) is 5.91 Å². The molecule has 5 heteroatoms. The van der Waals surface area contributed by atoms with Gasteiger partial charge < -0.3 is 10.2 Å². The minimum absolute atomic E-state index is 0.0615. The fourth-order valence-corrected chi connectivity index (χ4v) is 4.12. The van der Waals surface area contributed by atoms with Crippen molar-refractivity contribution in [3.05, 3.63) is 65.9 Å². The number of amides is 1. The van der Waals surface area contributed by atoms with Gasteiger partial charge in [0, 0.05) is 29.9 Å². The van der Waals surface area contributed by atoms with E-state index in [1.807, 2.05) is 38.1 Å². The second-order valence-electron chi connectivity index (χ2n) is 8.17. The van der Waals surface area contributed by atoms with Crippen molar-refractivity contribution in [3.8, 4) is 0 Å². The van der Waals surface area contributed by atoms with Crippen LogP contribution >= 0.6 is 0 Å². The van der Waals surface area contributed by atoms with Crippen LogP contribution < -0.4 is 10.2 Å². The number of hydrogen-bond donors (Lipinski definition) is 1. The van der Waals surface area contributed by atoms with Crippen molar-refractivity contribution in [1.29, 1.82) is 0 Å². The molecule has 0 saturated carbocycles. The number of piperidine rings is 1. The molecule has 1 saturated heterocycles. The SMILES string of the molecule is CC(C)NC(=O)c1nnc(N2CCC(Cc3ccccc3)CC2)c2ccccc12. The van der Waals surface area contributed by atoms with Crippen LogP contribution in [0, 0.1) is 5.92 Å². The summed E-state index contributed by atoms with van der Waals surface area (Å²) in [6.07, 6.45) is 3.41. The molecule has 1 amide bonds. The number of carbonyl (C=O) groups is 1. The normalized spacial score (nSPS) is 15.1. The molecule has 2 aromatic carbocycles. The summed E-state index contributed by atoms with van der Waals surface area (Å²) in [5.74, 6) is 1.42. The zero-order valence-electron chi connectivity index (χ0n) is 17.1. The van der Waals surface area contributed by atoms with Crippen LogP contribution in [0.25, 0.3) is 10.8 Å². The van der Waals surface area contributed by atoms with Crippen molar-refractivity contribution in [2.45, 2.75) is 39.2 Å². The predicted octanol–water partition coefficient (Wildman–Crippen LogP) is 4.23. The fourth-order valence-electron chi connectivity index (χ4n) is 4.12. The lowest BCUT2D eigenvalue weighted by Gasteiger charge is -2.33. The molecule has 29 heavy (non-hydrogen) atoms. The van der Waals surface area contributed by atoms with E-state index in [9.17, 15) is 4.79 Å². The van der Waals surface area contributed by atoms with E-state index in [1.54, 1.807) is 0 Å². The molecule has 150 valence electrons. The molecule has 1 aliphatic heterocycles. The molecule has 3 aromatic rings. The summed E-state index contributed by atoms with van der Waals surface area (Å²) < 4.78 is 0. The maximum atomic E-state index is 12.5. The Morgan fingerprint density at radius 3 is 2.34 bits per heavy atom. The Morgan fingerprint density at radius 2 is 1.66 bits per heavy atom. The zero-order chi connectivity index (χ0) is 20.2. The van der Waals surface area contributed by atoms with E-state index in [2.05, 4.69) is 50.7 Å². The van der Waals surface area contributed by atoms with Crippen molar-refractivity contribution >= 4 is 22.5 Å². The van der Waals surface area contributed by atoms with Crippen LogP contribution in [0.1, 0.15) is 42.7 Å². The molecule has 0 unspecified atom stereocenters. The highest BCUT2D eigenvalue weighted by Crippen LogP contribution is 2.30. The standard InChI is InChI=1S/C24H28N4O/c1-17(2)25-24(29)22-20-10-6-7-11-21(20)23(27-26-22)28-14-12-19(13-15-28)16-18-8-4-3-5-9-18/h3-11,17,19H,12-16H2,1-2H3,(H,25,29). The predicted molar refractivity (Wildman–Crippen MR) is 117 cm³/mol. The van der Waals surface area contributed by atoms with Gasteiger partial charge in [-0.1, -0.05) is 54.6 Å². The number of hydrogen-bond acceptors (Lipinski definition) is 4. The molecule has 2 heterocycles. The van der Waals surface area contributed by atoms with E-state index in [0.717, 1.165) is 48.9 Å². The topological polar surface area (TPSA) is 58.1 Å². The minimum atomic E-state index is -0.170. The summed E-state index contributed by atoms with van der Waals surface area (Å²) in [5, 5.41) is 13.6. The van der Waals surface area contributed by atoms with Gasteiger partial charge in [0.1, 0.15) is 0 Å². The molecule has 5 nitrogen and oxygen atoms in total. The number of rotatable bonds is 5. The summed E-state index contributed by atoms with van der Waals surface area (Å²) in [4.78, 5) is 14.9. The molecule has 0 bridgehead atoms. The number of benzene rings is 2. The molecule has 1 aliphatic rings. The minimum Gasteiger partial charge on any atom is -0.355 e. The number of aromatic nitrogens is 2. The van der Waals surface area contributed by atoms with Crippen molar-refractivity contribution < 1.29 is 4.79 Å². The van der Waals surface area contributed by atoms with E-state index >= 15 is 0 Å². The molecule has 0 atom stereocenters. The lowest BCUT2D eigenvalue weighted by molar-refractivity contribution is 0.0939. The summed E-state index contributed by atoms with van der Waals surface area (Å²) in [5.41, 5.74) is 1.81. The van der Waals surface area contributed by atoms with Gasteiger partial charge in [-0.3, -0.25) is 4.79 Å². The Bertz CT molecular complexity index is 979. The van der Waals surface area contributed by atoms with E-state index in [0.29, 0.717) is 11.6 Å². The number of nitrogens with zero attached hydrogens (tertiary/aromatic N) is 3. The number of anilines is 1.